The van der Waals surface area contributed by atoms with Gasteiger partial charge in [0.1, 0.15) is 0 Å². The molecule has 0 amide bonds. The zero-order chi connectivity index (χ0) is 14.7. The summed E-state index contributed by atoms with van der Waals surface area (Å²) in [5, 5.41) is 7.24. The van der Waals surface area contributed by atoms with E-state index in [0.717, 1.165) is 16.9 Å². The van der Waals surface area contributed by atoms with Crippen molar-refractivity contribution in [2.75, 3.05) is 0 Å². The molecule has 6 heteroatoms. The van der Waals surface area contributed by atoms with E-state index in [4.69, 9.17) is 5.73 Å². The zero-order valence-corrected chi connectivity index (χ0v) is 12.8. The molecule has 5 nitrogen and oxygen atoms in total. The van der Waals surface area contributed by atoms with E-state index in [1.54, 1.807) is 4.57 Å². The van der Waals surface area contributed by atoms with Gasteiger partial charge in [-0.05, 0) is 49.7 Å². The van der Waals surface area contributed by atoms with Gasteiger partial charge in [-0.3, -0.25) is 4.57 Å². The lowest BCUT2D eigenvalue weighted by atomic mass is 10.1. The van der Waals surface area contributed by atoms with Crippen LogP contribution >= 0.6 is 11.8 Å². The first-order valence-electron chi connectivity index (χ1n) is 6.73. The van der Waals surface area contributed by atoms with Gasteiger partial charge in [-0.2, -0.15) is 0 Å². The fraction of sp³-hybridized carbons (Fsp3) is 0.429. The maximum atomic E-state index is 11.7. The summed E-state index contributed by atoms with van der Waals surface area (Å²) in [6.07, 6.45) is 0.915. The molecular formula is C14H20N4OS. The van der Waals surface area contributed by atoms with Gasteiger partial charge in [0, 0.05) is 17.0 Å². The van der Waals surface area contributed by atoms with Crippen LogP contribution in [0, 0.1) is 0 Å². The minimum Gasteiger partial charge on any atom is -0.324 e. The smallest absolute Gasteiger partial charge is 0.324 e. The molecule has 108 valence electrons. The van der Waals surface area contributed by atoms with Gasteiger partial charge in [0.2, 0.25) is 0 Å². The van der Waals surface area contributed by atoms with E-state index in [-0.39, 0.29) is 17.8 Å². The van der Waals surface area contributed by atoms with E-state index >= 15 is 0 Å². The number of hydrogen-bond donors (Lipinski definition) is 2. The number of nitrogens with two attached hydrogens (primary N) is 1. The van der Waals surface area contributed by atoms with Crippen molar-refractivity contribution >= 4 is 11.8 Å². The largest absolute Gasteiger partial charge is 0.344 e. The van der Waals surface area contributed by atoms with E-state index in [1.807, 2.05) is 38.1 Å². The van der Waals surface area contributed by atoms with Crippen LogP contribution in [0.4, 0.5) is 0 Å². The van der Waals surface area contributed by atoms with Crippen molar-refractivity contribution in [1.29, 1.82) is 0 Å². The number of rotatable bonds is 5. The number of nitrogens with zero attached hydrogens (tertiary/aromatic N) is 2. The second-order valence-electron chi connectivity index (χ2n) is 4.96. The highest BCUT2D eigenvalue weighted by molar-refractivity contribution is 7.99. The Kier molecular flexibility index (Phi) is 4.67. The molecule has 2 aromatic rings. The van der Waals surface area contributed by atoms with Crippen LogP contribution in [0.3, 0.4) is 0 Å². The normalized spacial score (nSPS) is 12.8. The number of H-pyrrole nitrogens is 1. The lowest BCUT2D eigenvalue weighted by Crippen LogP contribution is -2.19. The third kappa shape index (κ3) is 3.13. The third-order valence-electron chi connectivity index (χ3n) is 3.15. The highest BCUT2D eigenvalue weighted by Crippen LogP contribution is 2.27. The molecule has 0 aliphatic rings. The molecule has 20 heavy (non-hydrogen) atoms. The van der Waals surface area contributed by atoms with Gasteiger partial charge in [0.25, 0.3) is 0 Å². The fourth-order valence-electron chi connectivity index (χ4n) is 1.94. The Morgan fingerprint density at radius 3 is 2.55 bits per heavy atom. The molecule has 1 aromatic heterocycles. The zero-order valence-electron chi connectivity index (χ0n) is 12.0. The molecular weight excluding hydrogens is 272 g/mol. The van der Waals surface area contributed by atoms with Gasteiger partial charge in [-0.1, -0.05) is 19.1 Å². The topological polar surface area (TPSA) is 76.7 Å². The summed E-state index contributed by atoms with van der Waals surface area (Å²) in [4.78, 5) is 12.7. The van der Waals surface area contributed by atoms with Crippen LogP contribution in [0.25, 0.3) is 0 Å². The van der Waals surface area contributed by atoms with Gasteiger partial charge in [-0.25, -0.2) is 9.89 Å². The lowest BCUT2D eigenvalue weighted by molar-refractivity contribution is 0.534. The van der Waals surface area contributed by atoms with Crippen molar-refractivity contribution in [1.82, 2.24) is 14.8 Å². The summed E-state index contributed by atoms with van der Waals surface area (Å²) in [7, 11) is 0. The molecule has 1 aromatic carbocycles. The van der Waals surface area contributed by atoms with Gasteiger partial charge < -0.3 is 5.73 Å². The number of aromatic amines is 1. The predicted octanol–water partition coefficient (Wildman–Crippen LogP) is 2.71. The van der Waals surface area contributed by atoms with Gasteiger partial charge in [-0.15, -0.1) is 5.10 Å². The van der Waals surface area contributed by atoms with Gasteiger partial charge >= 0.3 is 5.69 Å². The summed E-state index contributed by atoms with van der Waals surface area (Å²) >= 11 is 1.47. The Balaban J connectivity index is 2.21. The molecule has 0 unspecified atom stereocenters. The van der Waals surface area contributed by atoms with Gasteiger partial charge in [0.05, 0.1) is 0 Å². The van der Waals surface area contributed by atoms with E-state index < -0.39 is 0 Å². The number of hydrogen-bond acceptors (Lipinski definition) is 4. The molecule has 0 bridgehead atoms. The predicted molar refractivity (Wildman–Crippen MR) is 81.0 cm³/mol. The monoisotopic (exact) mass is 292 g/mol. The second-order valence-corrected chi connectivity index (χ2v) is 6.00. The molecule has 0 aliphatic heterocycles. The SMILES string of the molecule is CC[C@@H](N)c1ccc(Sc2n[nH]c(=O)n2C(C)C)cc1. The standard InChI is InChI=1S/C14H20N4OS/c1-4-12(15)10-5-7-11(8-6-10)20-14-17-16-13(19)18(14)9(2)3/h5-9,12H,4,15H2,1-3H3,(H,16,19)/t12-/m1/s1. The van der Waals surface area contributed by atoms with Crippen LogP contribution in [-0.2, 0) is 0 Å². The first-order valence-corrected chi connectivity index (χ1v) is 7.54. The molecule has 1 atom stereocenters. The molecule has 3 N–H and O–H groups in total. The number of nitrogens with one attached hydrogen (secondary N) is 1. The molecule has 0 radical (unpaired) electrons. The van der Waals surface area contributed by atoms with Crippen LogP contribution in [-0.4, -0.2) is 14.8 Å². The van der Waals surface area contributed by atoms with Crippen LogP contribution in [0.5, 0.6) is 0 Å². The maximum absolute atomic E-state index is 11.7. The molecule has 0 saturated heterocycles. The van der Waals surface area contributed by atoms with Crippen molar-refractivity contribution in [3.63, 3.8) is 0 Å². The van der Waals surface area contributed by atoms with E-state index in [9.17, 15) is 4.79 Å². The van der Waals surface area contributed by atoms with Crippen molar-refractivity contribution in [3.8, 4) is 0 Å². The Morgan fingerprint density at radius 1 is 1.35 bits per heavy atom. The molecule has 2 rings (SSSR count). The summed E-state index contributed by atoms with van der Waals surface area (Å²) in [5.41, 5.74) is 6.95. The van der Waals surface area contributed by atoms with Crippen molar-refractivity contribution < 1.29 is 0 Å². The third-order valence-corrected chi connectivity index (χ3v) is 4.12. The van der Waals surface area contributed by atoms with E-state index in [0.29, 0.717) is 5.16 Å². The lowest BCUT2D eigenvalue weighted by Gasteiger charge is -2.11. The van der Waals surface area contributed by atoms with Crippen molar-refractivity contribution in [3.05, 3.63) is 40.3 Å². The molecule has 0 saturated carbocycles. The average molecular weight is 292 g/mol. The highest BCUT2D eigenvalue weighted by atomic mass is 32.2. The van der Waals surface area contributed by atoms with Crippen LogP contribution < -0.4 is 11.4 Å². The maximum Gasteiger partial charge on any atom is 0.344 e. The fourth-order valence-corrected chi connectivity index (χ4v) is 2.91. The Hall–Kier alpha value is -1.53. The molecule has 1 heterocycles. The minimum absolute atomic E-state index is 0.0771. The van der Waals surface area contributed by atoms with Crippen LogP contribution in [0.15, 0.2) is 39.1 Å². The van der Waals surface area contributed by atoms with Crippen LogP contribution in [0.2, 0.25) is 0 Å². The highest BCUT2D eigenvalue weighted by Gasteiger charge is 2.12. The first kappa shape index (κ1) is 14.9. The van der Waals surface area contributed by atoms with E-state index in [1.165, 1.54) is 11.8 Å². The summed E-state index contributed by atoms with van der Waals surface area (Å²) in [6, 6.07) is 8.24. The Bertz CT molecular complexity index is 615. The first-order chi connectivity index (χ1) is 9.52. The minimum atomic E-state index is -0.174. The Labute approximate surface area is 122 Å². The van der Waals surface area contributed by atoms with Gasteiger partial charge in [0.15, 0.2) is 5.16 Å². The average Bonchev–Trinajstić information content (AvgIpc) is 2.79. The summed E-state index contributed by atoms with van der Waals surface area (Å²) in [5.74, 6) is 0. The van der Waals surface area contributed by atoms with Crippen molar-refractivity contribution in [2.45, 2.75) is 49.3 Å². The van der Waals surface area contributed by atoms with Crippen LogP contribution in [0.1, 0.15) is 44.8 Å². The molecule has 0 fully saturated rings. The van der Waals surface area contributed by atoms with E-state index in [2.05, 4.69) is 17.1 Å². The second kappa shape index (κ2) is 6.28. The molecule has 0 spiro atoms. The number of benzene rings is 1. The molecule has 0 aliphatic carbocycles. The quantitative estimate of drug-likeness (QED) is 0.888. The van der Waals surface area contributed by atoms with Crippen molar-refractivity contribution in [2.24, 2.45) is 5.73 Å². The summed E-state index contributed by atoms with van der Waals surface area (Å²) < 4.78 is 1.65. The Morgan fingerprint density at radius 2 is 2.00 bits per heavy atom. The summed E-state index contributed by atoms with van der Waals surface area (Å²) in [6.45, 7) is 5.99. The number of aromatic nitrogens is 3.